The second kappa shape index (κ2) is 64.9. The molecular formula is C69H133NO5. The van der Waals surface area contributed by atoms with E-state index in [4.69, 9.17) is 4.74 Å². The lowest BCUT2D eigenvalue weighted by Gasteiger charge is -2.22. The standard InChI is InChI=1S/C69H133NO5/c1-3-5-7-9-11-13-15-17-34-39-43-47-51-55-59-63-69(74)75-64-60-56-52-48-44-40-36-33-31-29-27-25-23-21-19-18-20-22-24-26-28-30-32-35-38-42-46-50-54-58-62-68(73)70-66(65-71)67(72)61-57-53-49-45-41-37-16-14-12-10-8-6-4-2/h11,13,17,34,66-67,71-72H,3-10,12,14-16,18-33,35-65H2,1-2H3,(H,70,73)/b13-11-,34-17-. The molecule has 444 valence electrons. The Morgan fingerprint density at radius 2 is 0.667 bits per heavy atom. The van der Waals surface area contributed by atoms with Gasteiger partial charge in [-0.05, 0) is 57.8 Å². The van der Waals surface area contributed by atoms with E-state index in [2.05, 4.69) is 43.5 Å². The van der Waals surface area contributed by atoms with Crippen molar-refractivity contribution in [3.63, 3.8) is 0 Å². The Balaban J connectivity index is 3.32. The third-order valence-corrected chi connectivity index (χ3v) is 16.0. The van der Waals surface area contributed by atoms with Gasteiger partial charge in [0.25, 0.3) is 0 Å². The Morgan fingerprint density at radius 3 is 1.04 bits per heavy atom. The van der Waals surface area contributed by atoms with E-state index in [1.165, 1.54) is 295 Å². The monoisotopic (exact) mass is 1060 g/mol. The number of ether oxygens (including phenoxy) is 1. The maximum Gasteiger partial charge on any atom is 0.305 e. The van der Waals surface area contributed by atoms with Crippen molar-refractivity contribution in [2.45, 2.75) is 392 Å². The van der Waals surface area contributed by atoms with Crippen LogP contribution in [-0.2, 0) is 14.3 Å². The highest BCUT2D eigenvalue weighted by molar-refractivity contribution is 5.76. The molecule has 0 aliphatic rings. The van der Waals surface area contributed by atoms with Crippen LogP contribution in [0, 0.1) is 0 Å². The molecule has 3 N–H and O–H groups in total. The first-order valence-electron chi connectivity index (χ1n) is 34.1. The molecule has 0 bridgehead atoms. The van der Waals surface area contributed by atoms with Gasteiger partial charge in [-0.15, -0.1) is 0 Å². The van der Waals surface area contributed by atoms with Gasteiger partial charge in [-0.3, -0.25) is 9.59 Å². The third-order valence-electron chi connectivity index (χ3n) is 16.0. The number of hydrogen-bond acceptors (Lipinski definition) is 5. The molecule has 0 fully saturated rings. The molecule has 6 nitrogen and oxygen atoms in total. The molecule has 0 saturated heterocycles. The van der Waals surface area contributed by atoms with Crippen LogP contribution in [0.5, 0.6) is 0 Å². The summed E-state index contributed by atoms with van der Waals surface area (Å²) in [5, 5.41) is 23.3. The molecule has 6 heteroatoms. The number of rotatable bonds is 64. The van der Waals surface area contributed by atoms with Gasteiger partial charge >= 0.3 is 5.97 Å². The Labute approximate surface area is 469 Å². The van der Waals surface area contributed by atoms with E-state index >= 15 is 0 Å². The zero-order valence-corrected chi connectivity index (χ0v) is 50.8. The fourth-order valence-corrected chi connectivity index (χ4v) is 10.8. The number of carbonyl (C=O) groups is 2. The molecule has 0 heterocycles. The summed E-state index contributed by atoms with van der Waals surface area (Å²) in [5.74, 6) is -0.0228. The molecule has 0 saturated carbocycles. The van der Waals surface area contributed by atoms with E-state index in [0.29, 0.717) is 25.9 Å². The molecule has 2 unspecified atom stereocenters. The average molecular weight is 1060 g/mol. The van der Waals surface area contributed by atoms with Gasteiger partial charge in [0, 0.05) is 12.8 Å². The molecule has 0 radical (unpaired) electrons. The average Bonchev–Trinajstić information content (AvgIpc) is 3.41. The summed E-state index contributed by atoms with van der Waals surface area (Å²) in [7, 11) is 0. The fourth-order valence-electron chi connectivity index (χ4n) is 10.8. The minimum absolute atomic E-state index is 0.00650. The molecular weight excluding hydrogens is 923 g/mol. The molecule has 0 aliphatic carbocycles. The van der Waals surface area contributed by atoms with E-state index in [0.717, 1.165) is 51.4 Å². The van der Waals surface area contributed by atoms with E-state index in [1.807, 2.05) is 0 Å². The van der Waals surface area contributed by atoms with Crippen LogP contribution in [0.4, 0.5) is 0 Å². The summed E-state index contributed by atoms with van der Waals surface area (Å²) in [6, 6.07) is -0.537. The van der Waals surface area contributed by atoms with E-state index < -0.39 is 12.1 Å². The van der Waals surface area contributed by atoms with Crippen molar-refractivity contribution in [1.82, 2.24) is 5.32 Å². The molecule has 0 aromatic carbocycles. The normalized spacial score (nSPS) is 12.6. The molecule has 0 rings (SSSR count). The molecule has 0 spiro atoms. The van der Waals surface area contributed by atoms with Gasteiger partial charge in [-0.25, -0.2) is 0 Å². The fraction of sp³-hybridized carbons (Fsp3) is 0.913. The van der Waals surface area contributed by atoms with Crippen molar-refractivity contribution in [2.75, 3.05) is 13.2 Å². The molecule has 75 heavy (non-hydrogen) atoms. The van der Waals surface area contributed by atoms with Crippen molar-refractivity contribution in [1.29, 1.82) is 0 Å². The summed E-state index contributed by atoms with van der Waals surface area (Å²) in [4.78, 5) is 24.5. The SMILES string of the molecule is CCCCC/C=C\C/C=C\CCCCCCCC(=O)OCCCCCCCCCCCCCCCCCCCCCCCCCCCCCCCCC(=O)NC(CO)C(O)CCCCCCCCCCCCCCC. The molecule has 0 aliphatic heterocycles. The van der Waals surface area contributed by atoms with E-state index in [9.17, 15) is 19.8 Å². The maximum atomic E-state index is 12.5. The minimum Gasteiger partial charge on any atom is -0.466 e. The van der Waals surface area contributed by atoms with Crippen molar-refractivity contribution in [3.8, 4) is 0 Å². The van der Waals surface area contributed by atoms with E-state index in [1.54, 1.807) is 0 Å². The van der Waals surface area contributed by atoms with Crippen LogP contribution in [-0.4, -0.2) is 47.4 Å². The van der Waals surface area contributed by atoms with Gasteiger partial charge in [-0.1, -0.05) is 334 Å². The first-order chi connectivity index (χ1) is 37.0. The van der Waals surface area contributed by atoms with E-state index in [-0.39, 0.29) is 18.5 Å². The highest BCUT2D eigenvalue weighted by Crippen LogP contribution is 2.19. The Morgan fingerprint density at radius 1 is 0.373 bits per heavy atom. The predicted octanol–water partition coefficient (Wildman–Crippen LogP) is 21.8. The largest absolute Gasteiger partial charge is 0.466 e. The second-order valence-corrected chi connectivity index (χ2v) is 23.5. The second-order valence-electron chi connectivity index (χ2n) is 23.5. The number of aliphatic hydroxyl groups excluding tert-OH is 2. The Kier molecular flexibility index (Phi) is 63.4. The van der Waals surface area contributed by atoms with Crippen molar-refractivity contribution in [2.24, 2.45) is 0 Å². The quantitative estimate of drug-likeness (QED) is 0.0320. The number of amides is 1. The predicted molar refractivity (Wildman–Crippen MR) is 329 cm³/mol. The van der Waals surface area contributed by atoms with Crippen LogP contribution < -0.4 is 5.32 Å². The number of esters is 1. The third kappa shape index (κ3) is 61.4. The highest BCUT2D eigenvalue weighted by atomic mass is 16.5. The zero-order chi connectivity index (χ0) is 54.3. The summed E-state index contributed by atoms with van der Waals surface area (Å²) in [6.07, 6.45) is 80.8. The molecule has 0 aromatic rings. The van der Waals surface area contributed by atoms with Crippen LogP contribution in [0.3, 0.4) is 0 Å². The molecule has 2 atom stereocenters. The zero-order valence-electron chi connectivity index (χ0n) is 50.8. The Hall–Kier alpha value is -1.66. The van der Waals surface area contributed by atoms with Gasteiger partial charge in [-0.2, -0.15) is 0 Å². The minimum atomic E-state index is -0.660. The topological polar surface area (TPSA) is 95.9 Å². The first kappa shape index (κ1) is 73.3. The number of unbranched alkanes of at least 4 members (excludes halogenated alkanes) is 49. The lowest BCUT2D eigenvalue weighted by atomic mass is 10.0. The lowest BCUT2D eigenvalue weighted by molar-refractivity contribution is -0.143. The van der Waals surface area contributed by atoms with Crippen molar-refractivity contribution in [3.05, 3.63) is 24.3 Å². The number of aliphatic hydroxyl groups is 2. The van der Waals surface area contributed by atoms with Gasteiger partial charge in [0.1, 0.15) is 0 Å². The van der Waals surface area contributed by atoms with Gasteiger partial charge in [0.2, 0.25) is 5.91 Å². The van der Waals surface area contributed by atoms with Gasteiger partial charge in [0.05, 0.1) is 25.4 Å². The van der Waals surface area contributed by atoms with Crippen LogP contribution in [0.2, 0.25) is 0 Å². The Bertz CT molecular complexity index is 1170. The molecule has 1 amide bonds. The number of carbonyl (C=O) groups excluding carboxylic acids is 2. The lowest BCUT2D eigenvalue weighted by Crippen LogP contribution is -2.45. The van der Waals surface area contributed by atoms with Gasteiger partial charge in [0.15, 0.2) is 0 Å². The highest BCUT2D eigenvalue weighted by Gasteiger charge is 2.20. The summed E-state index contributed by atoms with van der Waals surface area (Å²) in [5.41, 5.74) is 0. The smallest absolute Gasteiger partial charge is 0.305 e. The number of hydrogen-bond donors (Lipinski definition) is 3. The van der Waals surface area contributed by atoms with Crippen LogP contribution in [0.25, 0.3) is 0 Å². The number of allylic oxidation sites excluding steroid dienone is 4. The summed E-state index contributed by atoms with van der Waals surface area (Å²) in [6.45, 7) is 4.95. The summed E-state index contributed by atoms with van der Waals surface area (Å²) >= 11 is 0. The van der Waals surface area contributed by atoms with Gasteiger partial charge < -0.3 is 20.3 Å². The maximum absolute atomic E-state index is 12.5. The van der Waals surface area contributed by atoms with Crippen molar-refractivity contribution >= 4 is 11.9 Å². The van der Waals surface area contributed by atoms with Crippen molar-refractivity contribution < 1.29 is 24.5 Å². The van der Waals surface area contributed by atoms with Crippen LogP contribution in [0.1, 0.15) is 380 Å². The number of nitrogens with one attached hydrogen (secondary N) is 1. The summed E-state index contributed by atoms with van der Waals surface area (Å²) < 4.78 is 5.49. The molecule has 0 aromatic heterocycles. The van der Waals surface area contributed by atoms with Crippen LogP contribution >= 0.6 is 0 Å². The first-order valence-corrected chi connectivity index (χ1v) is 34.1. The van der Waals surface area contributed by atoms with Crippen LogP contribution in [0.15, 0.2) is 24.3 Å².